The van der Waals surface area contributed by atoms with Crippen LogP contribution in [0.5, 0.6) is 0 Å². The van der Waals surface area contributed by atoms with Crippen LogP contribution in [0.25, 0.3) is 0 Å². The van der Waals surface area contributed by atoms with E-state index >= 15 is 0 Å². The molecule has 2 rings (SSSR count). The molecular formula is C26H36ClN5O7. The van der Waals surface area contributed by atoms with Crippen LogP contribution < -0.4 is 27.0 Å². The van der Waals surface area contributed by atoms with E-state index < -0.39 is 42.7 Å². The molecule has 13 heteroatoms. The summed E-state index contributed by atoms with van der Waals surface area (Å²) < 4.78 is 10.2. The summed E-state index contributed by atoms with van der Waals surface area (Å²) in [5, 5.41) is 19.5. The number of aliphatic hydroxyl groups excluding tert-OH is 1. The molecule has 214 valence electrons. The molecule has 0 bridgehead atoms. The summed E-state index contributed by atoms with van der Waals surface area (Å²) in [4.78, 5) is 48.0. The molecule has 39 heavy (non-hydrogen) atoms. The van der Waals surface area contributed by atoms with Crippen LogP contribution in [-0.2, 0) is 32.3 Å². The minimum Gasteiger partial charge on any atom is -0.445 e. The monoisotopic (exact) mass is 565 g/mol. The predicted molar refractivity (Wildman–Crippen MR) is 146 cm³/mol. The van der Waals surface area contributed by atoms with Gasteiger partial charge in [-0.05, 0) is 24.0 Å². The molecule has 2 aromatic carbocycles. The lowest BCUT2D eigenvalue weighted by Gasteiger charge is -2.19. The highest BCUT2D eigenvalue weighted by atomic mass is 35.5. The van der Waals surface area contributed by atoms with Crippen LogP contribution in [-0.4, -0.2) is 67.4 Å². The van der Waals surface area contributed by atoms with Gasteiger partial charge in [-0.1, -0.05) is 60.7 Å². The lowest BCUT2D eigenvalue weighted by Crippen LogP contribution is -2.54. The second-order valence-electron chi connectivity index (χ2n) is 8.26. The third-order valence-corrected chi connectivity index (χ3v) is 5.23. The standard InChI is InChI=1S/C26H35N5O7.ClH/c27-21(12-7-13-29-25(35)37-17-19-8-3-1-4-9-19)23(33)31-22(16-32)24(34)28-14-15-30-26(36)38-18-20-10-5-2-6-11-20;/h1-6,8-11,21-22,32H,7,12-18,27H2,(H,28,34)(H,29,35)(H,30,36)(H,31,33);1H/t21-,22-;/m0./s1. The van der Waals surface area contributed by atoms with Gasteiger partial charge in [0.15, 0.2) is 0 Å². The maximum atomic E-state index is 12.3. The van der Waals surface area contributed by atoms with E-state index in [9.17, 15) is 24.3 Å². The average molecular weight is 566 g/mol. The number of nitrogens with one attached hydrogen (secondary N) is 4. The zero-order chi connectivity index (χ0) is 27.6. The zero-order valence-electron chi connectivity index (χ0n) is 21.5. The lowest BCUT2D eigenvalue weighted by atomic mass is 10.1. The van der Waals surface area contributed by atoms with Gasteiger partial charge in [-0.25, -0.2) is 9.59 Å². The topological polar surface area (TPSA) is 181 Å². The Morgan fingerprint density at radius 3 is 1.74 bits per heavy atom. The SMILES string of the molecule is Cl.N[C@@H](CCCNC(=O)OCc1ccccc1)C(=O)N[C@@H](CO)C(=O)NCCNC(=O)OCc1ccccc1. The highest BCUT2D eigenvalue weighted by molar-refractivity contribution is 5.89. The van der Waals surface area contributed by atoms with Crippen molar-refractivity contribution in [3.63, 3.8) is 0 Å². The van der Waals surface area contributed by atoms with Gasteiger partial charge in [-0.15, -0.1) is 12.4 Å². The maximum Gasteiger partial charge on any atom is 0.407 e. The molecule has 4 amide bonds. The second-order valence-corrected chi connectivity index (χ2v) is 8.26. The number of halogens is 1. The molecule has 0 aliphatic rings. The Morgan fingerprint density at radius 2 is 1.23 bits per heavy atom. The first kappa shape index (κ1) is 33.2. The molecule has 0 saturated heterocycles. The molecule has 0 aromatic heterocycles. The van der Waals surface area contributed by atoms with Crippen LogP contribution in [0.2, 0.25) is 0 Å². The molecule has 0 radical (unpaired) electrons. The molecule has 7 N–H and O–H groups in total. The number of amides is 4. The van der Waals surface area contributed by atoms with Crippen molar-refractivity contribution in [3.8, 4) is 0 Å². The van der Waals surface area contributed by atoms with Crippen molar-refractivity contribution >= 4 is 36.4 Å². The van der Waals surface area contributed by atoms with Crippen LogP contribution in [0.3, 0.4) is 0 Å². The Balaban J connectivity index is 0.00000760. The first-order chi connectivity index (χ1) is 18.4. The van der Waals surface area contributed by atoms with Crippen LogP contribution >= 0.6 is 12.4 Å². The fraction of sp³-hybridized carbons (Fsp3) is 0.385. The highest BCUT2D eigenvalue weighted by Crippen LogP contribution is 2.02. The molecule has 0 saturated carbocycles. The van der Waals surface area contributed by atoms with E-state index in [4.69, 9.17) is 15.2 Å². The second kappa shape index (κ2) is 19.2. The van der Waals surface area contributed by atoms with Crippen molar-refractivity contribution in [1.82, 2.24) is 21.3 Å². The Hall–Kier alpha value is -3.87. The van der Waals surface area contributed by atoms with Crippen molar-refractivity contribution < 1.29 is 33.8 Å². The number of carbonyl (C=O) groups is 4. The van der Waals surface area contributed by atoms with Crippen molar-refractivity contribution in [2.45, 2.75) is 38.1 Å². The minimum absolute atomic E-state index is 0. The molecule has 0 spiro atoms. The van der Waals surface area contributed by atoms with Crippen LogP contribution in [0, 0.1) is 0 Å². The average Bonchev–Trinajstić information content (AvgIpc) is 2.94. The van der Waals surface area contributed by atoms with Crippen molar-refractivity contribution in [1.29, 1.82) is 0 Å². The zero-order valence-corrected chi connectivity index (χ0v) is 22.3. The summed E-state index contributed by atoms with van der Waals surface area (Å²) in [6.07, 6.45) is -0.584. The number of ether oxygens (including phenoxy) is 2. The first-order valence-corrected chi connectivity index (χ1v) is 12.2. The van der Waals surface area contributed by atoms with E-state index in [0.29, 0.717) is 6.42 Å². The van der Waals surface area contributed by atoms with Crippen LogP contribution in [0.15, 0.2) is 60.7 Å². The van der Waals surface area contributed by atoms with Crippen LogP contribution in [0.1, 0.15) is 24.0 Å². The van der Waals surface area contributed by atoms with Gasteiger partial charge in [-0.3, -0.25) is 9.59 Å². The Labute approximate surface area is 233 Å². The number of hydrogen-bond acceptors (Lipinski definition) is 8. The van der Waals surface area contributed by atoms with Gasteiger partial charge < -0.3 is 41.6 Å². The molecular weight excluding hydrogens is 530 g/mol. The number of benzene rings is 2. The first-order valence-electron chi connectivity index (χ1n) is 12.2. The van der Waals surface area contributed by atoms with Gasteiger partial charge in [0.2, 0.25) is 11.8 Å². The molecule has 2 aromatic rings. The quantitative estimate of drug-likeness (QED) is 0.173. The molecule has 0 heterocycles. The van der Waals surface area contributed by atoms with E-state index in [2.05, 4.69) is 21.3 Å². The van der Waals surface area contributed by atoms with Crippen molar-refractivity contribution in [2.75, 3.05) is 26.2 Å². The van der Waals surface area contributed by atoms with E-state index in [1.807, 2.05) is 60.7 Å². The van der Waals surface area contributed by atoms with Crippen molar-refractivity contribution in [3.05, 3.63) is 71.8 Å². The number of hydrogen-bond donors (Lipinski definition) is 6. The molecule has 2 atom stereocenters. The van der Waals surface area contributed by atoms with Gasteiger partial charge in [0, 0.05) is 19.6 Å². The summed E-state index contributed by atoms with van der Waals surface area (Å²) in [5.41, 5.74) is 7.57. The van der Waals surface area contributed by atoms with E-state index in [-0.39, 0.29) is 51.7 Å². The van der Waals surface area contributed by atoms with Gasteiger partial charge in [0.05, 0.1) is 12.6 Å². The minimum atomic E-state index is -1.20. The predicted octanol–water partition coefficient (Wildman–Crippen LogP) is 0.962. The summed E-state index contributed by atoms with van der Waals surface area (Å²) in [6, 6.07) is 16.3. The van der Waals surface area contributed by atoms with Crippen molar-refractivity contribution in [2.24, 2.45) is 5.73 Å². The molecule has 0 aliphatic carbocycles. The third kappa shape index (κ3) is 14.0. The van der Waals surface area contributed by atoms with E-state index in [0.717, 1.165) is 11.1 Å². The van der Waals surface area contributed by atoms with Gasteiger partial charge in [0.1, 0.15) is 19.3 Å². The third-order valence-electron chi connectivity index (χ3n) is 5.23. The Kier molecular flexibility index (Phi) is 16.4. The summed E-state index contributed by atoms with van der Waals surface area (Å²) in [6.45, 7) is 0.0281. The molecule has 12 nitrogen and oxygen atoms in total. The summed E-state index contributed by atoms with van der Waals surface area (Å²) in [5.74, 6) is -1.25. The van der Waals surface area contributed by atoms with Gasteiger partial charge >= 0.3 is 12.2 Å². The number of rotatable bonds is 15. The van der Waals surface area contributed by atoms with E-state index in [1.54, 1.807) is 0 Å². The highest BCUT2D eigenvalue weighted by Gasteiger charge is 2.22. The lowest BCUT2D eigenvalue weighted by molar-refractivity contribution is -0.130. The number of aliphatic hydroxyl groups is 1. The largest absolute Gasteiger partial charge is 0.445 e. The van der Waals surface area contributed by atoms with E-state index in [1.165, 1.54) is 0 Å². The number of carbonyl (C=O) groups excluding carboxylic acids is 4. The fourth-order valence-electron chi connectivity index (χ4n) is 3.14. The summed E-state index contributed by atoms with van der Waals surface area (Å²) in [7, 11) is 0. The fourth-order valence-corrected chi connectivity index (χ4v) is 3.14. The molecule has 0 fully saturated rings. The van der Waals surface area contributed by atoms with Gasteiger partial charge in [-0.2, -0.15) is 0 Å². The Morgan fingerprint density at radius 1 is 0.744 bits per heavy atom. The van der Waals surface area contributed by atoms with Crippen LogP contribution in [0.4, 0.5) is 9.59 Å². The molecule has 0 aliphatic heterocycles. The number of alkyl carbamates (subject to hydrolysis) is 2. The van der Waals surface area contributed by atoms with Gasteiger partial charge in [0.25, 0.3) is 0 Å². The maximum absolute atomic E-state index is 12.3. The Bertz CT molecular complexity index is 1010. The normalized spacial score (nSPS) is 11.6. The molecule has 0 unspecified atom stereocenters. The smallest absolute Gasteiger partial charge is 0.407 e. The summed E-state index contributed by atoms with van der Waals surface area (Å²) >= 11 is 0. The number of nitrogens with two attached hydrogens (primary N) is 1.